The molecular formula is C13H17N3O2. The summed E-state index contributed by atoms with van der Waals surface area (Å²) < 4.78 is 0. The molecule has 0 radical (unpaired) electrons. The summed E-state index contributed by atoms with van der Waals surface area (Å²) in [6, 6.07) is 4.01. The molecule has 2 aliphatic heterocycles. The third kappa shape index (κ3) is 1.75. The number of pyridine rings is 1. The first-order valence-corrected chi connectivity index (χ1v) is 6.38. The lowest BCUT2D eigenvalue weighted by Crippen LogP contribution is -2.46. The van der Waals surface area contributed by atoms with Gasteiger partial charge in [0.05, 0.1) is 11.7 Å². The van der Waals surface area contributed by atoms with Crippen LogP contribution < -0.4 is 10.6 Å². The highest BCUT2D eigenvalue weighted by Crippen LogP contribution is 2.39. The van der Waals surface area contributed by atoms with E-state index in [1.54, 1.807) is 18.3 Å². The first-order chi connectivity index (χ1) is 8.66. The van der Waals surface area contributed by atoms with E-state index in [9.17, 15) is 9.90 Å². The lowest BCUT2D eigenvalue weighted by molar-refractivity contribution is 0.0999. The van der Waals surface area contributed by atoms with Crippen molar-refractivity contribution in [2.24, 2.45) is 5.73 Å². The van der Waals surface area contributed by atoms with Gasteiger partial charge in [0.2, 0.25) is 0 Å². The van der Waals surface area contributed by atoms with Gasteiger partial charge in [-0.05, 0) is 37.8 Å². The van der Waals surface area contributed by atoms with E-state index in [4.69, 9.17) is 5.73 Å². The number of hydrogen-bond donors (Lipinski definition) is 2. The zero-order valence-corrected chi connectivity index (χ0v) is 10.1. The Kier molecular flexibility index (Phi) is 2.70. The third-order valence-electron chi connectivity index (χ3n) is 4.00. The quantitative estimate of drug-likeness (QED) is 0.805. The van der Waals surface area contributed by atoms with Gasteiger partial charge in [-0.25, -0.2) is 4.98 Å². The Labute approximate surface area is 106 Å². The second kappa shape index (κ2) is 4.24. The van der Waals surface area contributed by atoms with Crippen molar-refractivity contribution in [2.45, 2.75) is 43.9 Å². The molecule has 2 bridgehead atoms. The van der Waals surface area contributed by atoms with Crippen LogP contribution in [0.3, 0.4) is 0 Å². The summed E-state index contributed by atoms with van der Waals surface area (Å²) in [5.41, 5.74) is 5.88. The van der Waals surface area contributed by atoms with Crippen molar-refractivity contribution in [1.29, 1.82) is 0 Å². The van der Waals surface area contributed by atoms with Crippen LogP contribution in [0.4, 0.5) is 5.82 Å². The van der Waals surface area contributed by atoms with Gasteiger partial charge >= 0.3 is 0 Å². The number of piperidine rings is 1. The zero-order chi connectivity index (χ0) is 12.7. The molecule has 1 amide bonds. The highest BCUT2D eigenvalue weighted by Gasteiger charge is 2.41. The second-order valence-corrected chi connectivity index (χ2v) is 5.16. The standard InChI is InChI=1S/C13H17N3O2/c14-12(18)11-2-1-5-15-13(11)16-8-3-4-9(16)7-10(17)6-8/h1-2,5,8-10,17H,3-4,6-7H2,(H2,14,18). The van der Waals surface area contributed by atoms with Crippen LogP contribution in [0.2, 0.25) is 0 Å². The van der Waals surface area contributed by atoms with E-state index in [1.165, 1.54) is 0 Å². The third-order valence-corrected chi connectivity index (χ3v) is 4.00. The fourth-order valence-electron chi connectivity index (χ4n) is 3.29. The first kappa shape index (κ1) is 11.5. The number of nitrogens with two attached hydrogens (primary N) is 1. The van der Waals surface area contributed by atoms with E-state index in [1.807, 2.05) is 0 Å². The van der Waals surface area contributed by atoms with Gasteiger partial charge in [-0.3, -0.25) is 4.79 Å². The van der Waals surface area contributed by atoms with Crippen LogP contribution in [0.5, 0.6) is 0 Å². The van der Waals surface area contributed by atoms with E-state index >= 15 is 0 Å². The van der Waals surface area contributed by atoms with E-state index in [2.05, 4.69) is 9.88 Å². The molecule has 3 N–H and O–H groups in total. The van der Waals surface area contributed by atoms with Crippen molar-refractivity contribution in [2.75, 3.05) is 4.90 Å². The molecule has 5 heteroatoms. The number of aliphatic hydroxyl groups is 1. The number of aromatic nitrogens is 1. The Morgan fingerprint density at radius 1 is 1.39 bits per heavy atom. The number of carbonyl (C=O) groups is 1. The maximum absolute atomic E-state index is 11.5. The van der Waals surface area contributed by atoms with Crippen LogP contribution in [0.15, 0.2) is 18.3 Å². The van der Waals surface area contributed by atoms with E-state index in [0.717, 1.165) is 25.7 Å². The number of primary amides is 1. The molecule has 0 aromatic carbocycles. The predicted octanol–water partition coefficient (Wildman–Crippen LogP) is 0.673. The lowest BCUT2D eigenvalue weighted by Gasteiger charge is -2.38. The van der Waals surface area contributed by atoms with Gasteiger partial charge in [0.25, 0.3) is 5.91 Å². The van der Waals surface area contributed by atoms with Crippen LogP contribution in [0.1, 0.15) is 36.0 Å². The molecule has 2 atom stereocenters. The summed E-state index contributed by atoms with van der Waals surface area (Å²) in [5.74, 6) is 0.244. The minimum Gasteiger partial charge on any atom is -0.393 e. The molecule has 0 aliphatic carbocycles. The topological polar surface area (TPSA) is 79.5 Å². The van der Waals surface area contributed by atoms with Crippen molar-refractivity contribution in [3.05, 3.63) is 23.9 Å². The zero-order valence-electron chi connectivity index (χ0n) is 10.1. The van der Waals surface area contributed by atoms with E-state index < -0.39 is 5.91 Å². The highest BCUT2D eigenvalue weighted by molar-refractivity contribution is 5.97. The molecule has 3 rings (SSSR count). The maximum Gasteiger partial charge on any atom is 0.252 e. The summed E-state index contributed by atoms with van der Waals surface area (Å²) in [7, 11) is 0. The number of carbonyl (C=O) groups excluding carboxylic acids is 1. The van der Waals surface area contributed by atoms with Crippen LogP contribution in [0, 0.1) is 0 Å². The fourth-order valence-corrected chi connectivity index (χ4v) is 3.29. The average molecular weight is 247 g/mol. The predicted molar refractivity (Wildman–Crippen MR) is 67.3 cm³/mol. The maximum atomic E-state index is 11.5. The van der Waals surface area contributed by atoms with Crippen molar-refractivity contribution in [1.82, 2.24) is 4.98 Å². The summed E-state index contributed by atoms with van der Waals surface area (Å²) in [6.45, 7) is 0. The molecule has 1 aromatic heterocycles. The van der Waals surface area contributed by atoms with E-state index in [0.29, 0.717) is 11.4 Å². The molecule has 1 aromatic rings. The molecule has 2 saturated heterocycles. The van der Waals surface area contributed by atoms with Crippen molar-refractivity contribution in [3.8, 4) is 0 Å². The van der Waals surface area contributed by atoms with Crippen LogP contribution in [-0.4, -0.2) is 34.2 Å². The Hall–Kier alpha value is -1.62. The molecule has 0 saturated carbocycles. The minimum atomic E-state index is -0.441. The molecule has 2 fully saturated rings. The van der Waals surface area contributed by atoms with Gasteiger partial charge in [0.1, 0.15) is 5.82 Å². The number of aliphatic hydroxyl groups excluding tert-OH is 1. The Bertz CT molecular complexity index is 463. The smallest absolute Gasteiger partial charge is 0.252 e. The fraction of sp³-hybridized carbons (Fsp3) is 0.538. The molecular weight excluding hydrogens is 230 g/mol. The first-order valence-electron chi connectivity index (χ1n) is 6.38. The number of amides is 1. The van der Waals surface area contributed by atoms with Gasteiger partial charge in [-0.15, -0.1) is 0 Å². The minimum absolute atomic E-state index is 0.223. The van der Waals surface area contributed by atoms with Crippen LogP contribution >= 0.6 is 0 Å². The van der Waals surface area contributed by atoms with Gasteiger partial charge in [-0.2, -0.15) is 0 Å². The highest BCUT2D eigenvalue weighted by atomic mass is 16.3. The van der Waals surface area contributed by atoms with Crippen molar-refractivity contribution < 1.29 is 9.90 Å². The molecule has 18 heavy (non-hydrogen) atoms. The Morgan fingerprint density at radius 3 is 2.67 bits per heavy atom. The van der Waals surface area contributed by atoms with Crippen LogP contribution in [-0.2, 0) is 0 Å². The monoisotopic (exact) mass is 247 g/mol. The van der Waals surface area contributed by atoms with Gasteiger partial charge < -0.3 is 15.7 Å². The normalized spacial score (nSPS) is 30.5. The average Bonchev–Trinajstić information content (AvgIpc) is 2.61. The lowest BCUT2D eigenvalue weighted by atomic mass is 9.99. The number of anilines is 1. The van der Waals surface area contributed by atoms with Crippen LogP contribution in [0.25, 0.3) is 0 Å². The molecule has 3 heterocycles. The summed E-state index contributed by atoms with van der Waals surface area (Å²) in [6.07, 6.45) is 5.08. The molecule has 0 spiro atoms. The van der Waals surface area contributed by atoms with Gasteiger partial charge in [-0.1, -0.05) is 0 Å². The Balaban J connectivity index is 1.99. The largest absolute Gasteiger partial charge is 0.393 e. The number of rotatable bonds is 2. The molecule has 96 valence electrons. The van der Waals surface area contributed by atoms with Crippen molar-refractivity contribution >= 4 is 11.7 Å². The SMILES string of the molecule is NC(=O)c1cccnc1N1C2CCC1CC(O)C2. The van der Waals surface area contributed by atoms with Gasteiger partial charge in [0.15, 0.2) is 0 Å². The molecule has 5 nitrogen and oxygen atoms in total. The Morgan fingerprint density at radius 2 is 2.06 bits per heavy atom. The molecule has 2 unspecified atom stereocenters. The summed E-state index contributed by atoms with van der Waals surface area (Å²) in [5, 5.41) is 9.79. The number of hydrogen-bond acceptors (Lipinski definition) is 4. The number of fused-ring (bicyclic) bond motifs is 2. The summed E-state index contributed by atoms with van der Waals surface area (Å²) >= 11 is 0. The molecule has 2 aliphatic rings. The van der Waals surface area contributed by atoms with E-state index in [-0.39, 0.29) is 18.2 Å². The van der Waals surface area contributed by atoms with Crippen molar-refractivity contribution in [3.63, 3.8) is 0 Å². The summed E-state index contributed by atoms with van der Waals surface area (Å²) in [4.78, 5) is 18.0. The van der Waals surface area contributed by atoms with Gasteiger partial charge in [0, 0.05) is 18.3 Å². The number of nitrogens with zero attached hydrogens (tertiary/aromatic N) is 2. The second-order valence-electron chi connectivity index (χ2n) is 5.16.